The van der Waals surface area contributed by atoms with E-state index in [0.29, 0.717) is 13.1 Å². The molecule has 3 nitrogen and oxygen atoms in total. The molecule has 0 aliphatic heterocycles. The van der Waals surface area contributed by atoms with Crippen LogP contribution in [-0.2, 0) is 6.54 Å². The first-order chi connectivity index (χ1) is 7.24. The molecule has 78 valence electrons. The van der Waals surface area contributed by atoms with Crippen LogP contribution in [0.1, 0.15) is 5.56 Å². The van der Waals surface area contributed by atoms with Gasteiger partial charge in [-0.15, -0.1) is 0 Å². The van der Waals surface area contributed by atoms with Crippen molar-refractivity contribution in [3.63, 3.8) is 0 Å². The predicted octanol–water partition coefficient (Wildman–Crippen LogP) is 1.27. The Hall–Kier alpha value is -1.61. The minimum absolute atomic E-state index is 0.0247. The molecule has 0 atom stereocenters. The molecule has 0 saturated heterocycles. The Morgan fingerprint density at radius 3 is 2.80 bits per heavy atom. The number of rotatable bonds is 2. The number of nitrogens with two attached hydrogens (primary N) is 1. The first kappa shape index (κ1) is 9.93. The molecule has 0 aliphatic rings. The Bertz CT molecular complexity index is 543. The SMILES string of the molecule is Cc1cc(=O)n(CCN)c2ccccc12. The minimum Gasteiger partial charge on any atom is -0.329 e. The Morgan fingerprint density at radius 2 is 2.07 bits per heavy atom. The number of benzene rings is 1. The van der Waals surface area contributed by atoms with Gasteiger partial charge in [0.15, 0.2) is 0 Å². The minimum atomic E-state index is 0.0247. The molecular formula is C12H14N2O. The molecule has 3 heteroatoms. The van der Waals surface area contributed by atoms with Crippen LogP contribution in [0.4, 0.5) is 0 Å². The first-order valence-electron chi connectivity index (χ1n) is 5.03. The number of fused-ring (bicyclic) bond motifs is 1. The molecule has 0 saturated carbocycles. The molecule has 0 aliphatic carbocycles. The van der Waals surface area contributed by atoms with E-state index in [1.807, 2.05) is 31.2 Å². The van der Waals surface area contributed by atoms with E-state index >= 15 is 0 Å². The van der Waals surface area contributed by atoms with Crippen LogP contribution in [0.25, 0.3) is 10.9 Å². The monoisotopic (exact) mass is 202 g/mol. The van der Waals surface area contributed by atoms with Gasteiger partial charge in [-0.25, -0.2) is 0 Å². The predicted molar refractivity (Wildman–Crippen MR) is 62.0 cm³/mol. The van der Waals surface area contributed by atoms with E-state index < -0.39 is 0 Å². The van der Waals surface area contributed by atoms with Crippen LogP contribution in [0.15, 0.2) is 35.1 Å². The molecule has 1 aromatic heterocycles. The van der Waals surface area contributed by atoms with Crippen molar-refractivity contribution in [1.29, 1.82) is 0 Å². The second-order valence-corrected chi connectivity index (χ2v) is 3.62. The fourth-order valence-corrected chi connectivity index (χ4v) is 1.86. The summed E-state index contributed by atoms with van der Waals surface area (Å²) in [6.45, 7) is 3.00. The third-order valence-corrected chi connectivity index (χ3v) is 2.58. The number of aryl methyl sites for hydroxylation is 1. The van der Waals surface area contributed by atoms with Crippen molar-refractivity contribution in [3.8, 4) is 0 Å². The number of hydrogen-bond acceptors (Lipinski definition) is 2. The van der Waals surface area contributed by atoms with Crippen molar-refractivity contribution in [2.75, 3.05) is 6.54 Å². The van der Waals surface area contributed by atoms with Crippen LogP contribution in [0.3, 0.4) is 0 Å². The summed E-state index contributed by atoms with van der Waals surface area (Å²) in [6.07, 6.45) is 0. The lowest BCUT2D eigenvalue weighted by atomic mass is 10.1. The van der Waals surface area contributed by atoms with Crippen LogP contribution >= 0.6 is 0 Å². The Labute approximate surface area is 88.1 Å². The second kappa shape index (κ2) is 3.87. The van der Waals surface area contributed by atoms with Crippen molar-refractivity contribution >= 4 is 10.9 Å². The molecule has 0 fully saturated rings. The van der Waals surface area contributed by atoms with Crippen LogP contribution in [0.5, 0.6) is 0 Å². The van der Waals surface area contributed by atoms with Crippen molar-refractivity contribution in [2.45, 2.75) is 13.5 Å². The molecule has 0 bridgehead atoms. The number of pyridine rings is 1. The first-order valence-corrected chi connectivity index (χ1v) is 5.03. The van der Waals surface area contributed by atoms with Crippen molar-refractivity contribution in [3.05, 3.63) is 46.2 Å². The number of nitrogens with zero attached hydrogens (tertiary/aromatic N) is 1. The molecule has 2 rings (SSSR count). The average Bonchev–Trinajstić information content (AvgIpc) is 2.24. The lowest BCUT2D eigenvalue weighted by Crippen LogP contribution is -2.24. The highest BCUT2D eigenvalue weighted by Crippen LogP contribution is 2.15. The van der Waals surface area contributed by atoms with Gasteiger partial charge in [0, 0.05) is 24.5 Å². The van der Waals surface area contributed by atoms with E-state index in [1.165, 1.54) is 0 Å². The van der Waals surface area contributed by atoms with Gasteiger partial charge in [-0.3, -0.25) is 4.79 Å². The van der Waals surface area contributed by atoms with Gasteiger partial charge < -0.3 is 10.3 Å². The summed E-state index contributed by atoms with van der Waals surface area (Å²) in [4.78, 5) is 11.8. The largest absolute Gasteiger partial charge is 0.329 e. The highest BCUT2D eigenvalue weighted by atomic mass is 16.1. The van der Waals surface area contributed by atoms with Crippen LogP contribution < -0.4 is 11.3 Å². The third kappa shape index (κ3) is 1.66. The van der Waals surface area contributed by atoms with Gasteiger partial charge >= 0.3 is 0 Å². The molecule has 2 aromatic rings. The summed E-state index contributed by atoms with van der Waals surface area (Å²) in [7, 11) is 0. The molecule has 0 radical (unpaired) electrons. The van der Waals surface area contributed by atoms with E-state index in [0.717, 1.165) is 16.5 Å². The normalized spacial score (nSPS) is 10.8. The van der Waals surface area contributed by atoms with Crippen LogP contribution in [-0.4, -0.2) is 11.1 Å². The fraction of sp³-hybridized carbons (Fsp3) is 0.250. The van der Waals surface area contributed by atoms with E-state index in [1.54, 1.807) is 10.6 Å². The van der Waals surface area contributed by atoms with E-state index in [-0.39, 0.29) is 5.56 Å². The summed E-state index contributed by atoms with van der Waals surface area (Å²) in [5, 5.41) is 1.12. The molecule has 0 spiro atoms. The fourth-order valence-electron chi connectivity index (χ4n) is 1.86. The number of aromatic nitrogens is 1. The zero-order valence-electron chi connectivity index (χ0n) is 8.73. The molecule has 0 amide bonds. The van der Waals surface area contributed by atoms with E-state index in [9.17, 15) is 4.79 Å². The second-order valence-electron chi connectivity index (χ2n) is 3.62. The molecule has 1 heterocycles. The zero-order chi connectivity index (χ0) is 10.8. The maximum Gasteiger partial charge on any atom is 0.251 e. The average molecular weight is 202 g/mol. The highest BCUT2D eigenvalue weighted by molar-refractivity contribution is 5.82. The quantitative estimate of drug-likeness (QED) is 0.797. The van der Waals surface area contributed by atoms with E-state index in [4.69, 9.17) is 5.73 Å². The number of para-hydroxylation sites is 1. The smallest absolute Gasteiger partial charge is 0.251 e. The van der Waals surface area contributed by atoms with Crippen molar-refractivity contribution in [2.24, 2.45) is 5.73 Å². The van der Waals surface area contributed by atoms with Crippen LogP contribution in [0, 0.1) is 6.92 Å². The molecule has 1 aromatic carbocycles. The van der Waals surface area contributed by atoms with Gasteiger partial charge in [-0.05, 0) is 18.6 Å². The molecule has 2 N–H and O–H groups in total. The highest BCUT2D eigenvalue weighted by Gasteiger charge is 2.04. The molecule has 15 heavy (non-hydrogen) atoms. The maximum atomic E-state index is 11.8. The Kier molecular flexibility index (Phi) is 2.56. The molecular weight excluding hydrogens is 188 g/mol. The third-order valence-electron chi connectivity index (χ3n) is 2.58. The van der Waals surface area contributed by atoms with Gasteiger partial charge in [-0.2, -0.15) is 0 Å². The van der Waals surface area contributed by atoms with E-state index in [2.05, 4.69) is 0 Å². The number of hydrogen-bond donors (Lipinski definition) is 1. The molecule has 0 unspecified atom stereocenters. The van der Waals surface area contributed by atoms with Crippen LogP contribution in [0.2, 0.25) is 0 Å². The Morgan fingerprint density at radius 1 is 1.33 bits per heavy atom. The summed E-state index contributed by atoms with van der Waals surface area (Å²) < 4.78 is 1.72. The lowest BCUT2D eigenvalue weighted by Gasteiger charge is -2.10. The Balaban J connectivity index is 2.83. The van der Waals surface area contributed by atoms with Gasteiger partial charge in [0.1, 0.15) is 0 Å². The topological polar surface area (TPSA) is 48.0 Å². The summed E-state index contributed by atoms with van der Waals surface area (Å²) >= 11 is 0. The zero-order valence-corrected chi connectivity index (χ0v) is 8.73. The summed E-state index contributed by atoms with van der Waals surface area (Å²) in [5.74, 6) is 0. The maximum absolute atomic E-state index is 11.8. The van der Waals surface area contributed by atoms with Gasteiger partial charge in [-0.1, -0.05) is 18.2 Å². The summed E-state index contributed by atoms with van der Waals surface area (Å²) in [5.41, 5.74) is 7.51. The van der Waals surface area contributed by atoms with Gasteiger partial charge in [0.2, 0.25) is 0 Å². The van der Waals surface area contributed by atoms with Gasteiger partial charge in [0.25, 0.3) is 5.56 Å². The standard InChI is InChI=1S/C12H14N2O/c1-9-8-12(15)14(7-6-13)11-5-3-2-4-10(9)11/h2-5,8H,6-7,13H2,1H3. The van der Waals surface area contributed by atoms with Crippen molar-refractivity contribution < 1.29 is 0 Å². The van der Waals surface area contributed by atoms with Crippen molar-refractivity contribution in [1.82, 2.24) is 4.57 Å². The summed E-state index contributed by atoms with van der Waals surface area (Å²) in [6, 6.07) is 9.56. The van der Waals surface area contributed by atoms with Gasteiger partial charge in [0.05, 0.1) is 5.52 Å². The lowest BCUT2D eigenvalue weighted by molar-refractivity contribution is 0.706.